The first-order chi connectivity index (χ1) is 8.41. The fourth-order valence-corrected chi connectivity index (χ4v) is 1.64. The molecule has 0 saturated carbocycles. The highest BCUT2D eigenvalue weighted by Gasteiger charge is 2.17. The first-order valence-electron chi connectivity index (χ1n) is 5.82. The number of rotatable bonds is 5. The van der Waals surface area contributed by atoms with Gasteiger partial charge in [0.05, 0.1) is 6.10 Å². The summed E-state index contributed by atoms with van der Waals surface area (Å²) >= 11 is 0. The standard InChI is InChI=1S/C13H17F2NO2/c1-8(2)6-9(17)7-16-13(18)12-10(14)4-3-5-11(12)15/h3-5,8-9,17H,6-7H2,1-2H3,(H,16,18). The van der Waals surface area contributed by atoms with Gasteiger partial charge in [-0.2, -0.15) is 0 Å². The number of hydrogen-bond donors (Lipinski definition) is 2. The molecule has 18 heavy (non-hydrogen) atoms. The maximum absolute atomic E-state index is 13.3. The van der Waals surface area contributed by atoms with Gasteiger partial charge in [-0.3, -0.25) is 4.79 Å². The Morgan fingerprint density at radius 3 is 2.39 bits per heavy atom. The molecule has 100 valence electrons. The number of carbonyl (C=O) groups excluding carboxylic acids is 1. The fraction of sp³-hybridized carbons (Fsp3) is 0.462. The lowest BCUT2D eigenvalue weighted by atomic mass is 10.1. The van der Waals surface area contributed by atoms with Crippen LogP contribution in [0.15, 0.2) is 18.2 Å². The number of halogens is 2. The molecule has 5 heteroatoms. The van der Waals surface area contributed by atoms with Crippen LogP contribution in [0.1, 0.15) is 30.6 Å². The van der Waals surface area contributed by atoms with Gasteiger partial charge in [0.25, 0.3) is 5.91 Å². The molecule has 2 N–H and O–H groups in total. The Morgan fingerprint density at radius 2 is 1.89 bits per heavy atom. The van der Waals surface area contributed by atoms with Gasteiger partial charge in [-0.05, 0) is 24.5 Å². The van der Waals surface area contributed by atoms with Gasteiger partial charge in [-0.15, -0.1) is 0 Å². The summed E-state index contributed by atoms with van der Waals surface area (Å²) in [5, 5.41) is 11.9. The topological polar surface area (TPSA) is 49.3 Å². The average Bonchev–Trinajstić information content (AvgIpc) is 2.25. The van der Waals surface area contributed by atoms with E-state index in [1.807, 2.05) is 13.8 Å². The van der Waals surface area contributed by atoms with Crippen molar-refractivity contribution in [3.8, 4) is 0 Å². The molecule has 0 aliphatic heterocycles. The van der Waals surface area contributed by atoms with E-state index in [-0.39, 0.29) is 12.5 Å². The van der Waals surface area contributed by atoms with Crippen molar-refractivity contribution in [2.24, 2.45) is 5.92 Å². The Hall–Kier alpha value is -1.49. The van der Waals surface area contributed by atoms with Crippen LogP contribution >= 0.6 is 0 Å². The Bertz CT molecular complexity index is 401. The lowest BCUT2D eigenvalue weighted by Gasteiger charge is -2.14. The summed E-state index contributed by atoms with van der Waals surface area (Å²) in [6.45, 7) is 3.84. The number of benzene rings is 1. The molecular weight excluding hydrogens is 240 g/mol. The lowest BCUT2D eigenvalue weighted by Crippen LogP contribution is -2.33. The second kappa shape index (κ2) is 6.44. The van der Waals surface area contributed by atoms with E-state index in [2.05, 4.69) is 5.32 Å². The van der Waals surface area contributed by atoms with Crippen molar-refractivity contribution < 1.29 is 18.7 Å². The molecule has 0 spiro atoms. The highest BCUT2D eigenvalue weighted by Crippen LogP contribution is 2.12. The summed E-state index contributed by atoms with van der Waals surface area (Å²) < 4.78 is 26.5. The molecule has 1 atom stereocenters. The monoisotopic (exact) mass is 257 g/mol. The van der Waals surface area contributed by atoms with Crippen LogP contribution in [0.5, 0.6) is 0 Å². The minimum atomic E-state index is -0.911. The molecule has 1 aromatic carbocycles. The molecule has 0 heterocycles. The summed E-state index contributed by atoms with van der Waals surface area (Å²) in [7, 11) is 0. The number of hydrogen-bond acceptors (Lipinski definition) is 2. The number of aliphatic hydroxyl groups is 1. The van der Waals surface area contributed by atoms with Gasteiger partial charge in [-0.1, -0.05) is 19.9 Å². The van der Waals surface area contributed by atoms with Gasteiger partial charge in [0, 0.05) is 6.54 Å². The molecule has 0 radical (unpaired) electrons. The molecule has 0 fully saturated rings. The molecule has 1 aromatic rings. The van der Waals surface area contributed by atoms with E-state index < -0.39 is 29.2 Å². The van der Waals surface area contributed by atoms with Crippen molar-refractivity contribution in [1.82, 2.24) is 5.32 Å². The van der Waals surface area contributed by atoms with Crippen molar-refractivity contribution in [2.45, 2.75) is 26.4 Å². The second-order valence-electron chi connectivity index (χ2n) is 4.59. The Balaban J connectivity index is 2.61. The minimum absolute atomic E-state index is 0.0230. The van der Waals surface area contributed by atoms with Crippen LogP contribution in [-0.4, -0.2) is 23.7 Å². The zero-order chi connectivity index (χ0) is 13.7. The number of amides is 1. The van der Waals surface area contributed by atoms with Gasteiger partial charge in [-0.25, -0.2) is 8.78 Å². The first-order valence-corrected chi connectivity index (χ1v) is 5.82. The summed E-state index contributed by atoms with van der Waals surface area (Å²) in [6.07, 6.45) is -0.205. The molecule has 0 aliphatic carbocycles. The molecule has 1 rings (SSSR count). The third-order valence-electron chi connectivity index (χ3n) is 2.43. The van der Waals surface area contributed by atoms with Crippen LogP contribution < -0.4 is 5.32 Å². The second-order valence-corrected chi connectivity index (χ2v) is 4.59. The third-order valence-corrected chi connectivity index (χ3v) is 2.43. The summed E-state index contributed by atoms with van der Waals surface area (Å²) in [5.41, 5.74) is -0.616. The third kappa shape index (κ3) is 4.07. The summed E-state index contributed by atoms with van der Waals surface area (Å²) in [4.78, 5) is 11.6. The molecule has 0 aliphatic rings. The highest BCUT2D eigenvalue weighted by molar-refractivity contribution is 5.94. The van der Waals surface area contributed by atoms with Crippen LogP contribution in [0.2, 0.25) is 0 Å². The van der Waals surface area contributed by atoms with Crippen molar-refractivity contribution in [3.05, 3.63) is 35.4 Å². The largest absolute Gasteiger partial charge is 0.391 e. The molecule has 0 aromatic heterocycles. The summed E-state index contributed by atoms with van der Waals surface area (Å²) in [6, 6.07) is 3.22. The van der Waals surface area contributed by atoms with Crippen LogP contribution in [0.25, 0.3) is 0 Å². The van der Waals surface area contributed by atoms with Crippen molar-refractivity contribution >= 4 is 5.91 Å². The number of aliphatic hydroxyl groups excluding tert-OH is 1. The van der Waals surface area contributed by atoms with Crippen LogP contribution in [0, 0.1) is 17.6 Å². The molecule has 0 saturated heterocycles. The van der Waals surface area contributed by atoms with Gasteiger partial charge in [0.1, 0.15) is 17.2 Å². The molecular formula is C13H17F2NO2. The van der Waals surface area contributed by atoms with E-state index in [0.717, 1.165) is 12.1 Å². The Kier molecular flexibility index (Phi) is 5.22. The quantitative estimate of drug-likeness (QED) is 0.848. The number of carbonyl (C=O) groups is 1. The number of nitrogens with one attached hydrogen (secondary N) is 1. The van der Waals surface area contributed by atoms with Crippen LogP contribution in [-0.2, 0) is 0 Å². The van der Waals surface area contributed by atoms with Gasteiger partial charge < -0.3 is 10.4 Å². The summed E-state index contributed by atoms with van der Waals surface area (Å²) in [5.74, 6) is -2.40. The van der Waals surface area contributed by atoms with Gasteiger partial charge in [0.2, 0.25) is 0 Å². The van der Waals surface area contributed by atoms with Crippen LogP contribution in [0.4, 0.5) is 8.78 Å². The fourth-order valence-electron chi connectivity index (χ4n) is 1.64. The van der Waals surface area contributed by atoms with E-state index in [1.54, 1.807) is 0 Å². The van der Waals surface area contributed by atoms with Crippen LogP contribution in [0.3, 0.4) is 0 Å². The Labute approximate surface area is 105 Å². The van der Waals surface area contributed by atoms with E-state index in [0.29, 0.717) is 6.42 Å². The maximum Gasteiger partial charge on any atom is 0.257 e. The van der Waals surface area contributed by atoms with Crippen molar-refractivity contribution in [1.29, 1.82) is 0 Å². The van der Waals surface area contributed by atoms with E-state index in [1.165, 1.54) is 6.07 Å². The van der Waals surface area contributed by atoms with Gasteiger partial charge in [0.15, 0.2) is 0 Å². The van der Waals surface area contributed by atoms with E-state index >= 15 is 0 Å². The van der Waals surface area contributed by atoms with E-state index in [9.17, 15) is 18.7 Å². The van der Waals surface area contributed by atoms with E-state index in [4.69, 9.17) is 0 Å². The van der Waals surface area contributed by atoms with Crippen molar-refractivity contribution in [3.63, 3.8) is 0 Å². The van der Waals surface area contributed by atoms with Crippen molar-refractivity contribution in [2.75, 3.05) is 6.54 Å². The van der Waals surface area contributed by atoms with Gasteiger partial charge >= 0.3 is 0 Å². The predicted molar refractivity (Wildman–Crippen MR) is 64.2 cm³/mol. The predicted octanol–water partition coefficient (Wildman–Crippen LogP) is 2.10. The maximum atomic E-state index is 13.3. The molecule has 1 unspecified atom stereocenters. The normalized spacial score (nSPS) is 12.6. The molecule has 0 bridgehead atoms. The lowest BCUT2D eigenvalue weighted by molar-refractivity contribution is 0.0892. The zero-order valence-electron chi connectivity index (χ0n) is 10.4. The zero-order valence-corrected chi connectivity index (χ0v) is 10.4. The Morgan fingerprint density at radius 1 is 1.33 bits per heavy atom. The first kappa shape index (κ1) is 14.6. The minimum Gasteiger partial charge on any atom is -0.391 e. The molecule has 3 nitrogen and oxygen atoms in total. The molecule has 1 amide bonds. The SMILES string of the molecule is CC(C)CC(O)CNC(=O)c1c(F)cccc1F. The highest BCUT2D eigenvalue weighted by atomic mass is 19.1. The smallest absolute Gasteiger partial charge is 0.257 e. The average molecular weight is 257 g/mol.